The maximum Gasteiger partial charge on any atom is 0.312 e. The molecule has 0 saturated carbocycles. The molecule has 0 aromatic heterocycles. The smallest absolute Gasteiger partial charge is 0.312 e. The first kappa shape index (κ1) is 11.9. The fourth-order valence-electron chi connectivity index (χ4n) is 3.53. The third-order valence-corrected chi connectivity index (χ3v) is 4.55. The summed E-state index contributed by atoms with van der Waals surface area (Å²) in [6.07, 6.45) is 0.216. The highest BCUT2D eigenvalue weighted by Crippen LogP contribution is 2.59. The molecule has 2 heterocycles. The number of carbonyl (C=O) groups is 2. The maximum atomic E-state index is 12.0. The molecule has 5 heteroatoms. The van der Waals surface area contributed by atoms with Crippen molar-refractivity contribution in [3.8, 4) is 0 Å². The number of hydrogen-bond donors (Lipinski definition) is 0. The van der Waals surface area contributed by atoms with Gasteiger partial charge in [0.2, 0.25) is 0 Å². The van der Waals surface area contributed by atoms with Crippen LogP contribution < -0.4 is 0 Å². The van der Waals surface area contributed by atoms with Gasteiger partial charge < -0.3 is 14.2 Å². The standard InChI is InChI=1S/C15H14O5/c1-18-14(16)10-11(15(17)19-2)13-9-5-7-3-6(7)4-8(9)12(10)20-13/h4-5,10-13H,3H2,1-2H3/t10-,11-,12-,13+/m0/s1. The van der Waals surface area contributed by atoms with Gasteiger partial charge in [-0.25, -0.2) is 0 Å². The minimum atomic E-state index is -0.609. The van der Waals surface area contributed by atoms with Crippen molar-refractivity contribution in [2.24, 2.45) is 11.8 Å². The zero-order valence-corrected chi connectivity index (χ0v) is 11.2. The number of hydrogen-bond acceptors (Lipinski definition) is 5. The lowest BCUT2D eigenvalue weighted by Gasteiger charge is -2.25. The van der Waals surface area contributed by atoms with E-state index in [2.05, 4.69) is 12.1 Å². The summed E-state index contributed by atoms with van der Waals surface area (Å²) in [6, 6.07) is 4.19. The molecule has 0 unspecified atom stereocenters. The summed E-state index contributed by atoms with van der Waals surface area (Å²) in [5.41, 5.74) is 4.67. The molecule has 0 N–H and O–H groups in total. The molecule has 1 saturated heterocycles. The van der Waals surface area contributed by atoms with Crippen LogP contribution in [0.4, 0.5) is 0 Å². The number of methoxy groups -OCH3 is 2. The number of esters is 2. The topological polar surface area (TPSA) is 61.8 Å². The Morgan fingerprint density at radius 3 is 1.85 bits per heavy atom. The van der Waals surface area contributed by atoms with E-state index in [4.69, 9.17) is 14.2 Å². The number of rotatable bonds is 2. The van der Waals surface area contributed by atoms with E-state index in [0.717, 1.165) is 17.5 Å². The molecule has 2 bridgehead atoms. The van der Waals surface area contributed by atoms with Crippen LogP contribution in [0.25, 0.3) is 0 Å². The third-order valence-electron chi connectivity index (χ3n) is 4.55. The molecule has 3 aliphatic rings. The Labute approximate surface area is 115 Å². The SMILES string of the molecule is COC(=O)[C@H]1[C@H](C(=O)OC)[C@H]2O[C@@H]1c1cc3c(cc12)C3. The van der Waals surface area contributed by atoms with E-state index in [1.807, 2.05) is 0 Å². The second-order valence-corrected chi connectivity index (χ2v) is 5.50. The summed E-state index contributed by atoms with van der Waals surface area (Å²) in [6.45, 7) is 0. The molecule has 0 spiro atoms. The Morgan fingerprint density at radius 1 is 1.00 bits per heavy atom. The first-order valence-corrected chi connectivity index (χ1v) is 6.62. The molecule has 1 aromatic rings. The summed E-state index contributed by atoms with van der Waals surface area (Å²) in [5, 5.41) is 0. The van der Waals surface area contributed by atoms with Gasteiger partial charge in [-0.15, -0.1) is 0 Å². The van der Waals surface area contributed by atoms with Gasteiger partial charge >= 0.3 is 11.9 Å². The predicted molar refractivity (Wildman–Crippen MR) is 66.8 cm³/mol. The molecular weight excluding hydrogens is 260 g/mol. The molecule has 0 radical (unpaired) electrons. The zero-order chi connectivity index (χ0) is 14.0. The number of ether oxygens (including phenoxy) is 3. The van der Waals surface area contributed by atoms with Crippen molar-refractivity contribution in [3.05, 3.63) is 34.4 Å². The highest BCUT2D eigenvalue weighted by Gasteiger charge is 2.59. The average Bonchev–Trinajstić information content (AvgIpc) is 3.01. The first-order chi connectivity index (χ1) is 9.65. The van der Waals surface area contributed by atoms with Crippen LogP contribution in [0.15, 0.2) is 12.1 Å². The Kier molecular flexibility index (Phi) is 2.27. The van der Waals surface area contributed by atoms with Crippen molar-refractivity contribution in [1.82, 2.24) is 0 Å². The van der Waals surface area contributed by atoms with Crippen LogP contribution in [0.2, 0.25) is 0 Å². The van der Waals surface area contributed by atoms with Crippen molar-refractivity contribution >= 4 is 11.9 Å². The number of fused-ring (bicyclic) bond motifs is 6. The van der Waals surface area contributed by atoms with Gasteiger partial charge in [0.25, 0.3) is 0 Å². The molecule has 0 amide bonds. The largest absolute Gasteiger partial charge is 0.469 e. The lowest BCUT2D eigenvalue weighted by molar-refractivity contribution is -0.157. The quantitative estimate of drug-likeness (QED) is 0.772. The van der Waals surface area contributed by atoms with Crippen molar-refractivity contribution in [2.45, 2.75) is 18.6 Å². The minimum Gasteiger partial charge on any atom is -0.469 e. The van der Waals surface area contributed by atoms with Crippen LogP contribution in [0.1, 0.15) is 34.5 Å². The molecule has 20 heavy (non-hydrogen) atoms. The van der Waals surface area contributed by atoms with Crippen LogP contribution in [0, 0.1) is 11.8 Å². The third kappa shape index (κ3) is 1.36. The summed E-state index contributed by atoms with van der Waals surface area (Å²) < 4.78 is 15.6. The van der Waals surface area contributed by atoms with Gasteiger partial charge in [0.15, 0.2) is 0 Å². The molecule has 1 fully saturated rings. The molecule has 4 atom stereocenters. The minimum absolute atomic E-state index is 0.391. The fraction of sp³-hybridized carbons (Fsp3) is 0.467. The average molecular weight is 274 g/mol. The number of benzene rings is 1. The van der Waals surface area contributed by atoms with Crippen molar-refractivity contribution in [3.63, 3.8) is 0 Å². The zero-order valence-electron chi connectivity index (χ0n) is 11.2. The van der Waals surface area contributed by atoms with E-state index in [0.29, 0.717) is 0 Å². The Morgan fingerprint density at radius 2 is 1.45 bits per heavy atom. The van der Waals surface area contributed by atoms with Crippen LogP contribution in [0.3, 0.4) is 0 Å². The molecular formula is C15H14O5. The van der Waals surface area contributed by atoms with Crippen molar-refractivity contribution in [2.75, 3.05) is 14.2 Å². The summed E-state index contributed by atoms with van der Waals surface area (Å²) in [5.74, 6) is -2.05. The monoisotopic (exact) mass is 274 g/mol. The van der Waals surface area contributed by atoms with Crippen LogP contribution in [-0.2, 0) is 30.2 Å². The Balaban J connectivity index is 1.81. The number of carbonyl (C=O) groups excluding carboxylic acids is 2. The lowest BCUT2D eigenvalue weighted by Crippen LogP contribution is -2.35. The van der Waals surface area contributed by atoms with E-state index in [9.17, 15) is 9.59 Å². The van der Waals surface area contributed by atoms with Gasteiger partial charge in [0, 0.05) is 0 Å². The highest BCUT2D eigenvalue weighted by molar-refractivity contribution is 5.85. The van der Waals surface area contributed by atoms with E-state index in [1.165, 1.54) is 25.3 Å². The van der Waals surface area contributed by atoms with Crippen LogP contribution >= 0.6 is 0 Å². The van der Waals surface area contributed by atoms with E-state index >= 15 is 0 Å². The predicted octanol–water partition coefficient (Wildman–Crippen LogP) is 1.30. The van der Waals surface area contributed by atoms with E-state index in [1.54, 1.807) is 0 Å². The molecule has 4 rings (SSSR count). The normalized spacial score (nSPS) is 31.5. The lowest BCUT2D eigenvalue weighted by atomic mass is 9.76. The van der Waals surface area contributed by atoms with Crippen LogP contribution in [-0.4, -0.2) is 26.2 Å². The van der Waals surface area contributed by atoms with Gasteiger partial charge in [-0.2, -0.15) is 0 Å². The second kappa shape index (κ2) is 3.82. The highest BCUT2D eigenvalue weighted by atomic mass is 16.6. The van der Waals surface area contributed by atoms with Gasteiger partial charge in [-0.3, -0.25) is 9.59 Å². The van der Waals surface area contributed by atoms with E-state index in [-0.39, 0.29) is 0 Å². The van der Waals surface area contributed by atoms with Gasteiger partial charge in [-0.1, -0.05) is 12.1 Å². The molecule has 5 nitrogen and oxygen atoms in total. The Hall–Kier alpha value is -1.88. The van der Waals surface area contributed by atoms with Crippen molar-refractivity contribution in [1.29, 1.82) is 0 Å². The van der Waals surface area contributed by atoms with Gasteiger partial charge in [0.1, 0.15) is 11.8 Å². The van der Waals surface area contributed by atoms with Crippen LogP contribution in [0.5, 0.6) is 0 Å². The molecule has 104 valence electrons. The first-order valence-electron chi connectivity index (χ1n) is 6.62. The Bertz CT molecular complexity index is 582. The van der Waals surface area contributed by atoms with E-state index < -0.39 is 36.0 Å². The fourth-order valence-corrected chi connectivity index (χ4v) is 3.53. The van der Waals surface area contributed by atoms with Gasteiger partial charge in [0.05, 0.1) is 26.4 Å². The maximum absolute atomic E-state index is 12.0. The van der Waals surface area contributed by atoms with Gasteiger partial charge in [-0.05, 0) is 28.7 Å². The second-order valence-electron chi connectivity index (χ2n) is 5.50. The summed E-state index contributed by atoms with van der Waals surface area (Å²) in [7, 11) is 2.66. The molecule has 2 aliphatic heterocycles. The molecule has 1 aliphatic carbocycles. The van der Waals surface area contributed by atoms with Crippen molar-refractivity contribution < 1.29 is 23.8 Å². The summed E-state index contributed by atoms with van der Waals surface area (Å²) in [4.78, 5) is 24.1. The summed E-state index contributed by atoms with van der Waals surface area (Å²) >= 11 is 0. The molecule has 1 aromatic carbocycles.